The quantitative estimate of drug-likeness (QED) is 0.620. The first kappa shape index (κ1) is 17.9. The Bertz CT molecular complexity index is 1390. The van der Waals surface area contributed by atoms with Crippen LogP contribution in [-0.4, -0.2) is 33.8 Å². The number of carbonyl (C=O) groups is 1. The minimum absolute atomic E-state index is 0.00572. The zero-order valence-corrected chi connectivity index (χ0v) is 16.8. The van der Waals surface area contributed by atoms with E-state index >= 15 is 0 Å². The van der Waals surface area contributed by atoms with E-state index in [2.05, 4.69) is 10.1 Å². The summed E-state index contributed by atoms with van der Waals surface area (Å²) in [7, 11) is 0. The van der Waals surface area contributed by atoms with Gasteiger partial charge in [0.15, 0.2) is 17.3 Å². The highest BCUT2D eigenvalue weighted by atomic mass is 32.2. The summed E-state index contributed by atoms with van der Waals surface area (Å²) in [6, 6.07) is 19.3. The Hall–Kier alpha value is -3.91. The lowest BCUT2D eigenvalue weighted by molar-refractivity contribution is -0.114. The van der Waals surface area contributed by atoms with Gasteiger partial charge in [-0.05, 0) is 52.4 Å². The van der Waals surface area contributed by atoms with Gasteiger partial charge in [-0.3, -0.25) is 10.2 Å². The Morgan fingerprint density at radius 2 is 1.87 bits per heavy atom. The molecule has 150 valence electrons. The minimum atomic E-state index is -0.446. The van der Waals surface area contributed by atoms with E-state index in [-0.39, 0.29) is 18.2 Å². The summed E-state index contributed by atoms with van der Waals surface area (Å²) in [4.78, 5) is 16.9. The Labute approximate surface area is 181 Å². The second-order valence-corrected chi connectivity index (χ2v) is 8.02. The van der Waals surface area contributed by atoms with E-state index in [0.717, 1.165) is 21.9 Å². The van der Waals surface area contributed by atoms with Gasteiger partial charge in [0, 0.05) is 5.56 Å². The third-order valence-electron chi connectivity index (χ3n) is 5.20. The lowest BCUT2D eigenvalue weighted by Crippen LogP contribution is -2.35. The number of ether oxygens (including phenoxy) is 2. The first-order valence-electron chi connectivity index (χ1n) is 9.55. The number of hydrogen-bond acceptors (Lipinski definition) is 6. The molecule has 0 saturated carbocycles. The molecule has 8 heteroatoms. The van der Waals surface area contributed by atoms with E-state index in [4.69, 9.17) is 14.9 Å². The number of nitrogens with one attached hydrogen (secondary N) is 1. The Morgan fingerprint density at radius 1 is 1.03 bits per heavy atom. The lowest BCUT2D eigenvalue weighted by atomic mass is 10.0. The lowest BCUT2D eigenvalue weighted by Gasteiger charge is -2.20. The van der Waals surface area contributed by atoms with Gasteiger partial charge < -0.3 is 9.47 Å². The van der Waals surface area contributed by atoms with Crippen molar-refractivity contribution in [3.05, 3.63) is 77.4 Å². The van der Waals surface area contributed by atoms with Gasteiger partial charge in [0.2, 0.25) is 12.0 Å². The number of aliphatic imine (C=N–C) groups is 1. The van der Waals surface area contributed by atoms with Crippen molar-refractivity contribution in [3.8, 4) is 11.5 Å². The largest absolute Gasteiger partial charge is 0.454 e. The maximum atomic E-state index is 12.8. The van der Waals surface area contributed by atoms with Crippen LogP contribution < -0.4 is 9.47 Å². The van der Waals surface area contributed by atoms with Crippen LogP contribution in [0.15, 0.2) is 76.3 Å². The summed E-state index contributed by atoms with van der Waals surface area (Å²) in [5.41, 5.74) is 1.87. The minimum Gasteiger partial charge on any atom is -0.454 e. The maximum Gasteiger partial charge on any atom is 0.283 e. The Balaban J connectivity index is 1.38. The molecule has 7 nitrogen and oxygen atoms in total. The van der Waals surface area contributed by atoms with Crippen molar-refractivity contribution < 1.29 is 14.3 Å². The Morgan fingerprint density at radius 3 is 2.81 bits per heavy atom. The van der Waals surface area contributed by atoms with Gasteiger partial charge in [0.1, 0.15) is 5.04 Å². The van der Waals surface area contributed by atoms with Crippen molar-refractivity contribution in [1.82, 2.24) is 5.01 Å². The fourth-order valence-electron chi connectivity index (χ4n) is 3.67. The molecule has 0 radical (unpaired) electrons. The molecule has 3 heterocycles. The van der Waals surface area contributed by atoms with Gasteiger partial charge in [-0.2, -0.15) is 15.1 Å². The normalized spacial score (nSPS) is 18.5. The molecular weight excluding hydrogens is 412 g/mol. The first-order valence-corrected chi connectivity index (χ1v) is 10.4. The predicted octanol–water partition coefficient (Wildman–Crippen LogP) is 4.24. The van der Waals surface area contributed by atoms with Gasteiger partial charge in [0.05, 0.1) is 5.57 Å². The fraction of sp³-hybridized carbons (Fsp3) is 0.0435. The molecular formula is C23H14N4O3S. The standard InChI is InChI=1S/C23H14N4O3S/c24-20-17(10-14-6-3-5-13-4-1-2-7-16(13)14)21(28)25-23-27(20)26-22(31-23)15-8-9-18-19(11-15)30-12-29-18/h1-11,24H,12H2. The highest BCUT2D eigenvalue weighted by Crippen LogP contribution is 2.36. The number of thioether (sulfide) groups is 1. The van der Waals surface area contributed by atoms with Crippen molar-refractivity contribution in [3.63, 3.8) is 0 Å². The highest BCUT2D eigenvalue weighted by molar-refractivity contribution is 8.27. The number of nitrogens with zero attached hydrogens (tertiary/aromatic N) is 3. The van der Waals surface area contributed by atoms with E-state index in [0.29, 0.717) is 21.7 Å². The molecule has 31 heavy (non-hydrogen) atoms. The monoisotopic (exact) mass is 426 g/mol. The Kier molecular flexibility index (Phi) is 3.94. The van der Waals surface area contributed by atoms with Crippen LogP contribution in [0.5, 0.6) is 11.5 Å². The molecule has 1 amide bonds. The van der Waals surface area contributed by atoms with Gasteiger partial charge in [-0.25, -0.2) is 0 Å². The molecule has 1 N–H and O–H groups in total. The molecule has 3 aliphatic heterocycles. The third kappa shape index (κ3) is 2.91. The smallest absolute Gasteiger partial charge is 0.283 e. The summed E-state index contributed by atoms with van der Waals surface area (Å²) in [6.45, 7) is 0.193. The molecule has 0 bridgehead atoms. The van der Waals surface area contributed by atoms with Crippen LogP contribution in [-0.2, 0) is 4.79 Å². The number of rotatable bonds is 2. The van der Waals surface area contributed by atoms with Gasteiger partial charge in [-0.1, -0.05) is 42.5 Å². The average Bonchev–Trinajstić information content (AvgIpc) is 3.43. The first-order chi connectivity index (χ1) is 15.2. The van der Waals surface area contributed by atoms with Crippen LogP contribution in [0, 0.1) is 5.41 Å². The van der Waals surface area contributed by atoms with Crippen molar-refractivity contribution in [2.24, 2.45) is 10.1 Å². The second kappa shape index (κ2) is 6.82. The molecule has 3 aromatic rings. The summed E-state index contributed by atoms with van der Waals surface area (Å²) in [5.74, 6) is 0.894. The summed E-state index contributed by atoms with van der Waals surface area (Å²) in [5, 5.41) is 17.7. The van der Waals surface area contributed by atoms with Crippen LogP contribution in [0.1, 0.15) is 11.1 Å². The van der Waals surface area contributed by atoms with E-state index in [1.807, 2.05) is 60.7 Å². The third-order valence-corrected chi connectivity index (χ3v) is 6.15. The van der Waals surface area contributed by atoms with Gasteiger partial charge in [-0.15, -0.1) is 0 Å². The number of hydrogen-bond donors (Lipinski definition) is 1. The van der Waals surface area contributed by atoms with Crippen LogP contribution in [0.4, 0.5) is 0 Å². The zero-order valence-electron chi connectivity index (χ0n) is 16.0. The molecule has 6 rings (SSSR count). The molecule has 0 atom stereocenters. The summed E-state index contributed by atoms with van der Waals surface area (Å²) >= 11 is 1.25. The highest BCUT2D eigenvalue weighted by Gasteiger charge is 2.36. The molecule has 3 aromatic carbocycles. The average molecular weight is 426 g/mol. The van der Waals surface area contributed by atoms with Gasteiger partial charge in [0.25, 0.3) is 5.91 Å². The zero-order chi connectivity index (χ0) is 20.9. The van der Waals surface area contributed by atoms with Crippen LogP contribution >= 0.6 is 11.8 Å². The number of amides is 1. The molecule has 0 aromatic heterocycles. The maximum absolute atomic E-state index is 12.8. The number of fused-ring (bicyclic) bond motifs is 3. The molecule has 0 spiro atoms. The van der Waals surface area contributed by atoms with Crippen LogP contribution in [0.3, 0.4) is 0 Å². The van der Waals surface area contributed by atoms with Crippen LogP contribution in [0.25, 0.3) is 16.8 Å². The van der Waals surface area contributed by atoms with Crippen molar-refractivity contribution >= 4 is 50.6 Å². The van der Waals surface area contributed by atoms with Crippen LogP contribution in [0.2, 0.25) is 0 Å². The topological polar surface area (TPSA) is 87.3 Å². The molecule has 0 unspecified atom stereocenters. The van der Waals surface area contributed by atoms with E-state index in [9.17, 15) is 4.79 Å². The van der Waals surface area contributed by atoms with E-state index in [1.54, 1.807) is 6.08 Å². The summed E-state index contributed by atoms with van der Waals surface area (Å²) < 4.78 is 10.8. The second-order valence-electron chi connectivity index (χ2n) is 7.06. The van der Waals surface area contributed by atoms with Crippen molar-refractivity contribution in [2.75, 3.05) is 6.79 Å². The summed E-state index contributed by atoms with van der Waals surface area (Å²) in [6.07, 6.45) is 1.71. The van der Waals surface area contributed by atoms with Gasteiger partial charge >= 0.3 is 0 Å². The number of hydrazone groups is 1. The van der Waals surface area contributed by atoms with Crippen molar-refractivity contribution in [1.29, 1.82) is 5.41 Å². The number of benzene rings is 3. The molecule has 3 aliphatic rings. The molecule has 0 saturated heterocycles. The fourth-order valence-corrected chi connectivity index (χ4v) is 4.56. The predicted molar refractivity (Wildman–Crippen MR) is 121 cm³/mol. The SMILES string of the molecule is N=C1C(=Cc2cccc3ccccc23)C(=O)N=C2SC(c3ccc4c(c3)OCO4)=NN12. The molecule has 0 aliphatic carbocycles. The number of carbonyl (C=O) groups excluding carboxylic acids is 1. The number of amidine groups is 2. The molecule has 0 fully saturated rings. The van der Waals surface area contributed by atoms with E-state index < -0.39 is 5.91 Å². The van der Waals surface area contributed by atoms with Crippen molar-refractivity contribution in [2.45, 2.75) is 0 Å². The van der Waals surface area contributed by atoms with E-state index in [1.165, 1.54) is 16.8 Å².